The summed E-state index contributed by atoms with van der Waals surface area (Å²) in [4.78, 5) is 41.9. The van der Waals surface area contributed by atoms with Crippen LogP contribution in [0.3, 0.4) is 0 Å². The highest BCUT2D eigenvalue weighted by Gasteiger charge is 2.51. The lowest BCUT2D eigenvalue weighted by Crippen LogP contribution is -2.43. The zero-order valence-electron chi connectivity index (χ0n) is 19.4. The number of carbonyl (C=O) groups excluding carboxylic acids is 2. The molecule has 2 N–H and O–H groups in total. The molecule has 2 aromatic carbocycles. The first-order valence-corrected chi connectivity index (χ1v) is 10.7. The first-order chi connectivity index (χ1) is 16.9. The minimum Gasteiger partial charge on any atom is -0.475 e. The Bertz CT molecular complexity index is 1220. The highest BCUT2D eigenvalue weighted by molar-refractivity contribution is 6.23. The van der Waals surface area contributed by atoms with Gasteiger partial charge in [-0.3, -0.25) is 9.78 Å². The largest absolute Gasteiger partial charge is 0.490 e. The van der Waals surface area contributed by atoms with Crippen molar-refractivity contribution < 1.29 is 32.7 Å². The standard InChI is InChI=1S/C23H22N4O2.C2HF3O2/c1-23(2)21(28)27(22(29)26(23)16-17-12-14-24-15-13-17)20-10-8-19(9-11-20)25-18-6-4-3-5-7-18;3-2(4,5)1(6)7/h3-15,25H,16H2,1-2H3;(H,6,7). The van der Waals surface area contributed by atoms with Crippen LogP contribution in [0.5, 0.6) is 0 Å². The van der Waals surface area contributed by atoms with E-state index in [4.69, 9.17) is 9.90 Å². The van der Waals surface area contributed by atoms with Crippen molar-refractivity contribution in [3.8, 4) is 0 Å². The lowest BCUT2D eigenvalue weighted by molar-refractivity contribution is -0.192. The molecule has 188 valence electrons. The molecule has 8 nitrogen and oxygen atoms in total. The van der Waals surface area contributed by atoms with Crippen LogP contribution in [0.25, 0.3) is 0 Å². The Morgan fingerprint density at radius 1 is 0.944 bits per heavy atom. The summed E-state index contributed by atoms with van der Waals surface area (Å²) in [6, 6.07) is 20.5. The minimum absolute atomic E-state index is 0.236. The second kappa shape index (κ2) is 10.5. The van der Waals surface area contributed by atoms with E-state index < -0.39 is 17.7 Å². The third kappa shape index (κ3) is 5.98. The van der Waals surface area contributed by atoms with Gasteiger partial charge in [-0.05, 0) is 67.9 Å². The van der Waals surface area contributed by atoms with Gasteiger partial charge >= 0.3 is 18.2 Å². The van der Waals surface area contributed by atoms with E-state index in [-0.39, 0.29) is 11.9 Å². The van der Waals surface area contributed by atoms with E-state index in [2.05, 4.69) is 10.3 Å². The summed E-state index contributed by atoms with van der Waals surface area (Å²) in [7, 11) is 0. The second-order valence-electron chi connectivity index (χ2n) is 8.26. The number of anilines is 3. The average Bonchev–Trinajstić information content (AvgIpc) is 3.00. The molecule has 3 amide bonds. The summed E-state index contributed by atoms with van der Waals surface area (Å²) >= 11 is 0. The Morgan fingerprint density at radius 2 is 1.47 bits per heavy atom. The molecular weight excluding hydrogens is 477 g/mol. The maximum Gasteiger partial charge on any atom is 0.490 e. The van der Waals surface area contributed by atoms with Crippen LogP contribution in [0.15, 0.2) is 79.1 Å². The number of hydrogen-bond acceptors (Lipinski definition) is 5. The monoisotopic (exact) mass is 500 g/mol. The maximum atomic E-state index is 13.1. The summed E-state index contributed by atoms with van der Waals surface area (Å²) in [5.74, 6) is -2.99. The van der Waals surface area contributed by atoms with E-state index in [9.17, 15) is 22.8 Å². The number of carboxylic acids is 1. The van der Waals surface area contributed by atoms with Crippen molar-refractivity contribution in [1.82, 2.24) is 9.88 Å². The van der Waals surface area contributed by atoms with Crippen LogP contribution in [-0.4, -0.2) is 44.6 Å². The van der Waals surface area contributed by atoms with Gasteiger partial charge < -0.3 is 15.3 Å². The van der Waals surface area contributed by atoms with Crippen molar-refractivity contribution in [2.75, 3.05) is 10.2 Å². The first kappa shape index (κ1) is 26.2. The van der Waals surface area contributed by atoms with Crippen molar-refractivity contribution in [3.63, 3.8) is 0 Å². The number of urea groups is 1. The van der Waals surface area contributed by atoms with Gasteiger partial charge in [-0.25, -0.2) is 14.5 Å². The molecule has 0 bridgehead atoms. The van der Waals surface area contributed by atoms with Crippen molar-refractivity contribution in [1.29, 1.82) is 0 Å². The summed E-state index contributed by atoms with van der Waals surface area (Å²) in [6.45, 7) is 3.91. The van der Waals surface area contributed by atoms with Crippen LogP contribution in [0.2, 0.25) is 0 Å². The summed E-state index contributed by atoms with van der Waals surface area (Å²) in [5, 5.41) is 10.4. The Hall–Kier alpha value is -4.41. The fourth-order valence-corrected chi connectivity index (χ4v) is 3.38. The Balaban J connectivity index is 0.000000454. The van der Waals surface area contributed by atoms with E-state index in [1.807, 2.05) is 54.6 Å². The fraction of sp³-hybridized carbons (Fsp3) is 0.200. The highest BCUT2D eigenvalue weighted by Crippen LogP contribution is 2.34. The van der Waals surface area contributed by atoms with E-state index in [1.165, 1.54) is 4.90 Å². The van der Waals surface area contributed by atoms with Crippen LogP contribution in [0, 0.1) is 0 Å². The highest BCUT2D eigenvalue weighted by atomic mass is 19.4. The van der Waals surface area contributed by atoms with Crippen LogP contribution in [0.1, 0.15) is 19.4 Å². The number of alkyl halides is 3. The number of para-hydroxylation sites is 1. The lowest BCUT2D eigenvalue weighted by Gasteiger charge is -2.27. The van der Waals surface area contributed by atoms with Crippen LogP contribution < -0.4 is 10.2 Å². The average molecular weight is 500 g/mol. The molecular formula is C25H23F3N4O4. The van der Waals surface area contributed by atoms with Gasteiger partial charge in [0.2, 0.25) is 0 Å². The van der Waals surface area contributed by atoms with Crippen molar-refractivity contribution in [2.45, 2.75) is 32.1 Å². The molecule has 0 aliphatic carbocycles. The lowest BCUT2D eigenvalue weighted by atomic mass is 10.0. The van der Waals surface area contributed by atoms with Gasteiger partial charge in [-0.2, -0.15) is 13.2 Å². The molecule has 3 aromatic rings. The van der Waals surface area contributed by atoms with E-state index in [0.29, 0.717) is 12.2 Å². The number of rotatable bonds is 5. The van der Waals surface area contributed by atoms with Crippen molar-refractivity contribution in [2.24, 2.45) is 0 Å². The molecule has 1 saturated heterocycles. The predicted octanol–water partition coefficient (Wildman–Crippen LogP) is 5.21. The molecule has 1 aliphatic rings. The number of pyridine rings is 1. The number of carbonyl (C=O) groups is 3. The number of nitrogens with zero attached hydrogens (tertiary/aromatic N) is 3. The minimum atomic E-state index is -5.08. The maximum absolute atomic E-state index is 13.1. The molecule has 1 fully saturated rings. The Morgan fingerprint density at radius 3 is 2.00 bits per heavy atom. The number of nitrogens with one attached hydrogen (secondary N) is 1. The van der Waals surface area contributed by atoms with Gasteiger partial charge in [0.05, 0.1) is 5.69 Å². The molecule has 0 saturated carbocycles. The first-order valence-electron chi connectivity index (χ1n) is 10.7. The predicted molar refractivity (Wildman–Crippen MR) is 127 cm³/mol. The number of benzene rings is 2. The number of aromatic nitrogens is 1. The zero-order chi connectivity index (χ0) is 26.5. The van der Waals surface area contributed by atoms with Gasteiger partial charge in [-0.15, -0.1) is 0 Å². The van der Waals surface area contributed by atoms with Crippen LogP contribution in [0.4, 0.5) is 35.0 Å². The number of amides is 3. The number of aliphatic carboxylic acids is 1. The van der Waals surface area contributed by atoms with Gasteiger partial charge in [0, 0.05) is 30.3 Å². The van der Waals surface area contributed by atoms with E-state index in [1.54, 1.807) is 43.3 Å². The molecule has 1 aromatic heterocycles. The molecule has 2 heterocycles. The Labute approximate surface area is 205 Å². The topological polar surface area (TPSA) is 103 Å². The summed E-state index contributed by atoms with van der Waals surface area (Å²) in [5.41, 5.74) is 2.41. The SMILES string of the molecule is CC1(C)C(=O)N(c2ccc(Nc3ccccc3)cc2)C(=O)N1Cc1ccncc1.O=C(O)C(F)(F)F. The van der Waals surface area contributed by atoms with Gasteiger partial charge in [0.1, 0.15) is 5.54 Å². The third-order valence-electron chi connectivity index (χ3n) is 5.34. The summed E-state index contributed by atoms with van der Waals surface area (Å²) in [6.07, 6.45) is -1.72. The molecule has 36 heavy (non-hydrogen) atoms. The van der Waals surface area contributed by atoms with Crippen LogP contribution >= 0.6 is 0 Å². The quantitative estimate of drug-likeness (QED) is 0.467. The molecule has 0 radical (unpaired) electrons. The number of halogens is 3. The smallest absolute Gasteiger partial charge is 0.475 e. The van der Waals surface area contributed by atoms with Crippen molar-refractivity contribution in [3.05, 3.63) is 84.7 Å². The summed E-state index contributed by atoms with van der Waals surface area (Å²) < 4.78 is 31.7. The Kier molecular flexibility index (Phi) is 7.62. The number of imide groups is 1. The molecule has 4 rings (SSSR count). The molecule has 0 atom stereocenters. The number of carboxylic acid groups (broad SMARTS) is 1. The second-order valence-corrected chi connectivity index (χ2v) is 8.26. The zero-order valence-corrected chi connectivity index (χ0v) is 19.4. The fourth-order valence-electron chi connectivity index (χ4n) is 3.38. The normalized spacial score (nSPS) is 14.8. The van der Waals surface area contributed by atoms with Gasteiger partial charge in [-0.1, -0.05) is 18.2 Å². The van der Waals surface area contributed by atoms with Gasteiger partial charge in [0.25, 0.3) is 5.91 Å². The van der Waals surface area contributed by atoms with E-state index >= 15 is 0 Å². The molecule has 11 heteroatoms. The third-order valence-corrected chi connectivity index (χ3v) is 5.34. The molecule has 0 spiro atoms. The van der Waals surface area contributed by atoms with E-state index in [0.717, 1.165) is 16.9 Å². The molecule has 0 unspecified atom stereocenters. The molecule has 1 aliphatic heterocycles. The van der Waals surface area contributed by atoms with Crippen LogP contribution in [-0.2, 0) is 16.1 Å². The van der Waals surface area contributed by atoms with Gasteiger partial charge in [0.15, 0.2) is 0 Å². The van der Waals surface area contributed by atoms with Crippen molar-refractivity contribution >= 4 is 35.0 Å². The number of hydrogen-bond donors (Lipinski definition) is 2.